The molecule has 0 fully saturated rings. The number of amides is 1. The smallest absolute Gasteiger partial charge is 0.396 e. The molecule has 0 atom stereocenters. The minimum absolute atomic E-state index is 0.0294. The fraction of sp³-hybridized carbons (Fsp3) is 0.227. The fourth-order valence-corrected chi connectivity index (χ4v) is 3.36. The topological polar surface area (TPSA) is 84.2 Å². The number of rotatable bonds is 6. The number of hydrogen-bond donors (Lipinski definition) is 2. The van der Waals surface area contributed by atoms with E-state index in [0.717, 1.165) is 34.9 Å². The molecule has 0 radical (unpaired) electrons. The Bertz CT molecular complexity index is 1240. The number of carbonyl (C=O) groups is 1. The number of nitrogens with one attached hydrogen (secondary N) is 1. The average molecular weight is 484 g/mol. The number of hydrogen-bond acceptors (Lipinski definition) is 4. The first kappa shape index (κ1) is 24.4. The second-order valence-corrected chi connectivity index (χ2v) is 7.55. The van der Waals surface area contributed by atoms with Gasteiger partial charge in [0.05, 0.1) is 11.3 Å². The summed E-state index contributed by atoms with van der Waals surface area (Å²) in [7, 11) is 0. The van der Waals surface area contributed by atoms with Crippen molar-refractivity contribution >= 4 is 23.2 Å². The Morgan fingerprint density at radius 1 is 1.18 bits per heavy atom. The van der Waals surface area contributed by atoms with E-state index >= 15 is 0 Å². The molecular formula is C22H18ClF4N3O3. The van der Waals surface area contributed by atoms with E-state index in [-0.39, 0.29) is 46.4 Å². The van der Waals surface area contributed by atoms with Crippen LogP contribution in [0.5, 0.6) is 0 Å². The van der Waals surface area contributed by atoms with E-state index in [4.69, 9.17) is 11.6 Å². The molecule has 0 aliphatic carbocycles. The van der Waals surface area contributed by atoms with Gasteiger partial charge in [0, 0.05) is 34.9 Å². The number of aryl methyl sites for hydroxylation is 1. The Morgan fingerprint density at radius 3 is 2.42 bits per heavy atom. The average Bonchev–Trinajstić information content (AvgIpc) is 2.74. The van der Waals surface area contributed by atoms with E-state index < -0.39 is 35.6 Å². The van der Waals surface area contributed by atoms with E-state index in [9.17, 15) is 32.3 Å². The number of aliphatic hydroxyl groups excluding tert-OH is 1. The predicted octanol–water partition coefficient (Wildman–Crippen LogP) is 4.20. The van der Waals surface area contributed by atoms with Gasteiger partial charge in [-0.2, -0.15) is 13.2 Å². The lowest BCUT2D eigenvalue weighted by atomic mass is 10.1. The van der Waals surface area contributed by atoms with Gasteiger partial charge in [0.25, 0.3) is 5.56 Å². The molecule has 0 saturated carbocycles. The maximum absolute atomic E-state index is 14.0. The van der Waals surface area contributed by atoms with Gasteiger partial charge in [-0.1, -0.05) is 23.7 Å². The van der Waals surface area contributed by atoms with Crippen LogP contribution >= 0.6 is 11.6 Å². The molecule has 6 nitrogen and oxygen atoms in total. The van der Waals surface area contributed by atoms with Gasteiger partial charge in [-0.25, -0.2) is 9.37 Å². The zero-order chi connectivity index (χ0) is 24.3. The molecule has 2 N–H and O–H groups in total. The highest BCUT2D eigenvalue weighted by Gasteiger charge is 2.30. The minimum Gasteiger partial charge on any atom is -0.396 e. The lowest BCUT2D eigenvalue weighted by Gasteiger charge is -2.16. The molecule has 174 valence electrons. The Balaban J connectivity index is 2.03. The fourth-order valence-electron chi connectivity index (χ4n) is 3.20. The van der Waals surface area contributed by atoms with Crippen molar-refractivity contribution in [1.29, 1.82) is 0 Å². The number of aliphatic hydroxyl groups is 1. The van der Waals surface area contributed by atoms with Crippen LogP contribution in [0.1, 0.15) is 16.8 Å². The quantitative estimate of drug-likeness (QED) is 0.515. The standard InChI is InChI=1S/C22H18ClF4N3O3/c1-12-16(8-9-31)21(33)30(11-19(32)29-18-7-6-15(23)10-17(18)24)20(28-12)13-2-4-14(5-3-13)22(25,26)27/h2-7,10,31H,8-9,11H2,1H3,(H,29,32). The molecule has 1 amide bonds. The molecule has 0 bridgehead atoms. The van der Waals surface area contributed by atoms with Gasteiger partial charge in [-0.05, 0) is 37.3 Å². The molecule has 0 spiro atoms. The van der Waals surface area contributed by atoms with E-state index in [1.165, 1.54) is 19.1 Å². The molecule has 11 heteroatoms. The molecule has 0 saturated heterocycles. The second kappa shape index (κ2) is 9.72. The van der Waals surface area contributed by atoms with Crippen molar-refractivity contribution in [3.05, 3.63) is 80.5 Å². The highest BCUT2D eigenvalue weighted by atomic mass is 35.5. The van der Waals surface area contributed by atoms with Gasteiger partial charge < -0.3 is 10.4 Å². The summed E-state index contributed by atoms with van der Waals surface area (Å²) in [6.45, 7) is 0.579. The lowest BCUT2D eigenvalue weighted by molar-refractivity contribution is -0.137. The molecule has 3 rings (SSSR count). The maximum atomic E-state index is 14.0. The van der Waals surface area contributed by atoms with E-state index in [2.05, 4.69) is 10.3 Å². The summed E-state index contributed by atoms with van der Waals surface area (Å²) in [5.41, 5.74) is -1.10. The summed E-state index contributed by atoms with van der Waals surface area (Å²) in [5.74, 6) is -1.60. The third-order valence-corrected chi connectivity index (χ3v) is 5.04. The molecule has 0 aliphatic heterocycles. The van der Waals surface area contributed by atoms with E-state index in [1.54, 1.807) is 0 Å². The monoisotopic (exact) mass is 483 g/mol. The van der Waals surface area contributed by atoms with Crippen LogP contribution in [0.15, 0.2) is 47.3 Å². The Hall–Kier alpha value is -3.24. The minimum atomic E-state index is -4.55. The van der Waals surface area contributed by atoms with Crippen LogP contribution in [0.3, 0.4) is 0 Å². The Morgan fingerprint density at radius 2 is 1.85 bits per heavy atom. The summed E-state index contributed by atoms with van der Waals surface area (Å²) in [6.07, 6.45) is -4.58. The van der Waals surface area contributed by atoms with Crippen molar-refractivity contribution in [2.75, 3.05) is 11.9 Å². The van der Waals surface area contributed by atoms with Crippen LogP contribution in [-0.4, -0.2) is 27.2 Å². The predicted molar refractivity (Wildman–Crippen MR) is 115 cm³/mol. The molecule has 1 heterocycles. The first-order valence-electron chi connectivity index (χ1n) is 9.65. The molecule has 1 aromatic heterocycles. The number of aromatic nitrogens is 2. The molecule has 0 unspecified atom stereocenters. The van der Waals surface area contributed by atoms with Crippen molar-refractivity contribution < 1.29 is 27.5 Å². The van der Waals surface area contributed by atoms with Crippen molar-refractivity contribution in [2.45, 2.75) is 26.1 Å². The number of alkyl halides is 3. The largest absolute Gasteiger partial charge is 0.416 e. The number of benzene rings is 2. The van der Waals surface area contributed by atoms with Crippen LogP contribution in [0.25, 0.3) is 11.4 Å². The SMILES string of the molecule is Cc1nc(-c2ccc(C(F)(F)F)cc2)n(CC(=O)Nc2ccc(Cl)cc2F)c(=O)c1CCO. The van der Waals surface area contributed by atoms with Gasteiger partial charge in [0.15, 0.2) is 0 Å². The van der Waals surface area contributed by atoms with Crippen LogP contribution in [0.4, 0.5) is 23.2 Å². The van der Waals surface area contributed by atoms with Crippen molar-refractivity contribution in [3.63, 3.8) is 0 Å². The van der Waals surface area contributed by atoms with Gasteiger partial charge in [-0.15, -0.1) is 0 Å². The normalized spacial score (nSPS) is 11.5. The van der Waals surface area contributed by atoms with Crippen LogP contribution in [0, 0.1) is 12.7 Å². The summed E-state index contributed by atoms with van der Waals surface area (Å²) >= 11 is 5.70. The molecular weight excluding hydrogens is 466 g/mol. The molecule has 33 heavy (non-hydrogen) atoms. The number of anilines is 1. The first-order valence-corrected chi connectivity index (χ1v) is 10.0. The van der Waals surface area contributed by atoms with Crippen molar-refractivity contribution in [2.24, 2.45) is 0 Å². The van der Waals surface area contributed by atoms with Gasteiger partial charge in [0.1, 0.15) is 18.2 Å². The zero-order valence-corrected chi connectivity index (χ0v) is 18.0. The van der Waals surface area contributed by atoms with Gasteiger partial charge in [0.2, 0.25) is 5.91 Å². The Kier molecular flexibility index (Phi) is 7.19. The molecule has 3 aromatic rings. The van der Waals surface area contributed by atoms with E-state index in [1.807, 2.05) is 0 Å². The lowest BCUT2D eigenvalue weighted by Crippen LogP contribution is -2.33. The number of halogens is 5. The van der Waals surface area contributed by atoms with Crippen LogP contribution < -0.4 is 10.9 Å². The second-order valence-electron chi connectivity index (χ2n) is 7.11. The van der Waals surface area contributed by atoms with Crippen LogP contribution in [-0.2, 0) is 23.9 Å². The summed E-state index contributed by atoms with van der Waals surface area (Å²) < 4.78 is 53.8. The van der Waals surface area contributed by atoms with Gasteiger partial charge in [-0.3, -0.25) is 14.2 Å². The maximum Gasteiger partial charge on any atom is 0.416 e. The summed E-state index contributed by atoms with van der Waals surface area (Å²) in [4.78, 5) is 30.0. The van der Waals surface area contributed by atoms with Gasteiger partial charge >= 0.3 is 6.18 Å². The number of carbonyl (C=O) groups excluding carboxylic acids is 1. The summed E-state index contributed by atoms with van der Waals surface area (Å²) in [6, 6.07) is 7.58. The van der Waals surface area contributed by atoms with E-state index in [0.29, 0.717) is 0 Å². The van der Waals surface area contributed by atoms with Crippen molar-refractivity contribution in [3.8, 4) is 11.4 Å². The first-order chi connectivity index (χ1) is 15.5. The zero-order valence-electron chi connectivity index (χ0n) is 17.2. The third kappa shape index (κ3) is 5.58. The van der Waals surface area contributed by atoms with Crippen LogP contribution in [0.2, 0.25) is 5.02 Å². The number of nitrogens with zero attached hydrogens (tertiary/aromatic N) is 2. The third-order valence-electron chi connectivity index (χ3n) is 4.81. The van der Waals surface area contributed by atoms with Crippen molar-refractivity contribution in [1.82, 2.24) is 9.55 Å². The highest BCUT2D eigenvalue weighted by Crippen LogP contribution is 2.30. The molecule has 0 aliphatic rings. The summed E-state index contributed by atoms with van der Waals surface area (Å²) in [5, 5.41) is 11.7. The highest BCUT2D eigenvalue weighted by molar-refractivity contribution is 6.30. The Labute approximate surface area is 190 Å². The molecule has 2 aromatic carbocycles.